The van der Waals surface area contributed by atoms with Gasteiger partial charge in [-0.15, -0.1) is 0 Å². The van der Waals surface area contributed by atoms with Crippen LogP contribution in [0.2, 0.25) is 0 Å². The fraction of sp³-hybridized carbons (Fsp3) is 0.278. The highest BCUT2D eigenvalue weighted by Gasteiger charge is 2.28. The molecule has 2 aliphatic rings. The van der Waals surface area contributed by atoms with E-state index in [1.165, 1.54) is 5.69 Å². The predicted molar refractivity (Wildman–Crippen MR) is 93.3 cm³/mol. The highest BCUT2D eigenvalue weighted by atomic mass is 16.1. The standard InChI is InChI=1S/C18H20N4O/c23-18(21-14-4-2-1-3-5-14)13-6-7-17-16(10-13)20-12-15-11-19-8-9-22(15)17/h1-7,10,15,19-20H,8-9,11-12H2,(H,21,23). The molecule has 3 N–H and O–H groups in total. The molecule has 0 bridgehead atoms. The van der Waals surface area contributed by atoms with Gasteiger partial charge in [0.2, 0.25) is 0 Å². The second kappa shape index (κ2) is 5.93. The van der Waals surface area contributed by atoms with Gasteiger partial charge < -0.3 is 20.9 Å². The quantitative estimate of drug-likeness (QED) is 0.796. The third kappa shape index (κ3) is 2.75. The van der Waals surface area contributed by atoms with Gasteiger partial charge in [0, 0.05) is 37.4 Å². The number of nitrogens with zero attached hydrogens (tertiary/aromatic N) is 1. The maximum Gasteiger partial charge on any atom is 0.255 e. The maximum atomic E-state index is 12.4. The molecule has 0 aromatic heterocycles. The number of fused-ring (bicyclic) bond motifs is 3. The van der Waals surface area contributed by atoms with Crippen molar-refractivity contribution in [3.05, 3.63) is 54.1 Å². The smallest absolute Gasteiger partial charge is 0.255 e. The molecule has 118 valence electrons. The maximum absolute atomic E-state index is 12.4. The molecule has 1 fully saturated rings. The summed E-state index contributed by atoms with van der Waals surface area (Å²) in [5.74, 6) is -0.0803. The van der Waals surface area contributed by atoms with Crippen LogP contribution >= 0.6 is 0 Å². The molecule has 0 aliphatic carbocycles. The van der Waals surface area contributed by atoms with Gasteiger partial charge in [-0.3, -0.25) is 4.79 Å². The van der Waals surface area contributed by atoms with Gasteiger partial charge in [-0.1, -0.05) is 18.2 Å². The minimum absolute atomic E-state index is 0.0803. The summed E-state index contributed by atoms with van der Waals surface area (Å²) in [5, 5.41) is 9.82. The molecule has 23 heavy (non-hydrogen) atoms. The van der Waals surface area contributed by atoms with Crippen LogP contribution in [0.1, 0.15) is 10.4 Å². The number of rotatable bonds is 2. The number of anilines is 3. The number of para-hydroxylation sites is 1. The van der Waals surface area contributed by atoms with Crippen LogP contribution in [-0.4, -0.2) is 38.1 Å². The summed E-state index contributed by atoms with van der Waals surface area (Å²) in [5.41, 5.74) is 3.72. The van der Waals surface area contributed by atoms with E-state index < -0.39 is 0 Å². The van der Waals surface area contributed by atoms with E-state index in [9.17, 15) is 4.79 Å². The zero-order chi connectivity index (χ0) is 15.6. The largest absolute Gasteiger partial charge is 0.381 e. The lowest BCUT2D eigenvalue weighted by Crippen LogP contribution is -2.56. The summed E-state index contributed by atoms with van der Waals surface area (Å²) < 4.78 is 0. The molecular formula is C18H20N4O. The van der Waals surface area contributed by atoms with E-state index in [2.05, 4.69) is 26.9 Å². The summed E-state index contributed by atoms with van der Waals surface area (Å²) in [6.45, 7) is 3.92. The van der Waals surface area contributed by atoms with Crippen LogP contribution in [-0.2, 0) is 0 Å². The van der Waals surface area contributed by atoms with Crippen molar-refractivity contribution < 1.29 is 4.79 Å². The number of piperazine rings is 1. The molecule has 5 heteroatoms. The average Bonchev–Trinajstić information content (AvgIpc) is 2.62. The average molecular weight is 308 g/mol. The number of hydrogen-bond donors (Lipinski definition) is 3. The Bertz CT molecular complexity index is 716. The van der Waals surface area contributed by atoms with Crippen molar-refractivity contribution in [3.63, 3.8) is 0 Å². The lowest BCUT2D eigenvalue weighted by atomic mass is 10.0. The summed E-state index contributed by atoms with van der Waals surface area (Å²) in [6.07, 6.45) is 0. The van der Waals surface area contributed by atoms with Crippen LogP contribution in [0.4, 0.5) is 17.1 Å². The van der Waals surface area contributed by atoms with Gasteiger partial charge in [0.25, 0.3) is 5.91 Å². The number of carbonyl (C=O) groups excluding carboxylic acids is 1. The van der Waals surface area contributed by atoms with E-state index in [0.717, 1.165) is 37.6 Å². The van der Waals surface area contributed by atoms with Crippen molar-refractivity contribution in [2.75, 3.05) is 41.7 Å². The molecule has 2 aromatic rings. The van der Waals surface area contributed by atoms with Gasteiger partial charge in [-0.25, -0.2) is 0 Å². The molecule has 1 amide bonds. The molecule has 2 heterocycles. The Morgan fingerprint density at radius 1 is 1.13 bits per heavy atom. The first-order valence-corrected chi connectivity index (χ1v) is 8.03. The molecule has 0 saturated carbocycles. The fourth-order valence-corrected chi connectivity index (χ4v) is 3.28. The van der Waals surface area contributed by atoms with Gasteiger partial charge in [0.05, 0.1) is 17.4 Å². The van der Waals surface area contributed by atoms with Crippen molar-refractivity contribution in [1.82, 2.24) is 5.32 Å². The Hall–Kier alpha value is -2.53. The van der Waals surface area contributed by atoms with E-state index in [1.54, 1.807) is 0 Å². The molecular weight excluding hydrogens is 288 g/mol. The molecule has 0 spiro atoms. The lowest BCUT2D eigenvalue weighted by molar-refractivity contribution is 0.102. The van der Waals surface area contributed by atoms with E-state index in [0.29, 0.717) is 11.6 Å². The molecule has 2 aliphatic heterocycles. The Kier molecular flexibility index (Phi) is 3.63. The van der Waals surface area contributed by atoms with Gasteiger partial charge in [0.1, 0.15) is 0 Å². The summed E-state index contributed by atoms with van der Waals surface area (Å²) in [6, 6.07) is 15.9. The number of nitrogens with one attached hydrogen (secondary N) is 3. The topological polar surface area (TPSA) is 56.4 Å². The van der Waals surface area contributed by atoms with Crippen molar-refractivity contribution in [3.8, 4) is 0 Å². The van der Waals surface area contributed by atoms with Gasteiger partial charge in [-0.05, 0) is 30.3 Å². The van der Waals surface area contributed by atoms with Gasteiger partial charge in [-0.2, -0.15) is 0 Å². The monoisotopic (exact) mass is 308 g/mol. The lowest BCUT2D eigenvalue weighted by Gasteiger charge is -2.42. The second-order valence-electron chi connectivity index (χ2n) is 5.98. The molecule has 0 radical (unpaired) electrons. The molecule has 2 aromatic carbocycles. The van der Waals surface area contributed by atoms with Crippen molar-refractivity contribution in [2.24, 2.45) is 0 Å². The first-order valence-electron chi connectivity index (χ1n) is 8.03. The zero-order valence-electron chi connectivity index (χ0n) is 12.9. The van der Waals surface area contributed by atoms with Crippen LogP contribution in [0.5, 0.6) is 0 Å². The number of benzene rings is 2. The Labute approximate surface area is 135 Å². The first kappa shape index (κ1) is 14.1. The number of amides is 1. The van der Waals surface area contributed by atoms with Gasteiger partial charge >= 0.3 is 0 Å². The van der Waals surface area contributed by atoms with Crippen molar-refractivity contribution in [1.29, 1.82) is 0 Å². The second-order valence-corrected chi connectivity index (χ2v) is 5.98. The minimum atomic E-state index is -0.0803. The molecule has 1 atom stereocenters. The molecule has 1 unspecified atom stereocenters. The van der Waals surface area contributed by atoms with E-state index >= 15 is 0 Å². The molecule has 4 rings (SSSR count). The fourth-order valence-electron chi connectivity index (χ4n) is 3.28. The third-order valence-electron chi connectivity index (χ3n) is 4.48. The minimum Gasteiger partial charge on any atom is -0.381 e. The number of carbonyl (C=O) groups is 1. The van der Waals surface area contributed by atoms with Crippen molar-refractivity contribution in [2.45, 2.75) is 6.04 Å². The SMILES string of the molecule is O=C(Nc1ccccc1)c1ccc2c(c1)NCC1CNCCN21. The first-order chi connectivity index (χ1) is 11.3. The van der Waals surface area contributed by atoms with Crippen molar-refractivity contribution >= 4 is 23.0 Å². The van der Waals surface area contributed by atoms with Crippen LogP contribution in [0.3, 0.4) is 0 Å². The van der Waals surface area contributed by atoms with Crippen LogP contribution in [0.15, 0.2) is 48.5 Å². The van der Waals surface area contributed by atoms with E-state index in [-0.39, 0.29) is 5.91 Å². The Balaban J connectivity index is 1.56. The highest BCUT2D eigenvalue weighted by molar-refractivity contribution is 6.05. The van der Waals surface area contributed by atoms with E-state index in [4.69, 9.17) is 0 Å². The van der Waals surface area contributed by atoms with Crippen LogP contribution in [0, 0.1) is 0 Å². The Morgan fingerprint density at radius 2 is 2.00 bits per heavy atom. The third-order valence-corrected chi connectivity index (χ3v) is 4.48. The molecule has 5 nitrogen and oxygen atoms in total. The summed E-state index contributed by atoms with van der Waals surface area (Å²) in [4.78, 5) is 14.9. The summed E-state index contributed by atoms with van der Waals surface area (Å²) in [7, 11) is 0. The molecule has 1 saturated heterocycles. The Morgan fingerprint density at radius 3 is 2.87 bits per heavy atom. The van der Waals surface area contributed by atoms with E-state index in [1.807, 2.05) is 42.5 Å². The zero-order valence-corrected chi connectivity index (χ0v) is 12.9. The predicted octanol–water partition coefficient (Wildman–Crippen LogP) is 2.14. The summed E-state index contributed by atoms with van der Waals surface area (Å²) >= 11 is 0. The van der Waals surface area contributed by atoms with Gasteiger partial charge in [0.15, 0.2) is 0 Å². The van der Waals surface area contributed by atoms with Crippen LogP contribution in [0.25, 0.3) is 0 Å². The van der Waals surface area contributed by atoms with Crippen LogP contribution < -0.4 is 20.9 Å². The highest BCUT2D eigenvalue weighted by Crippen LogP contribution is 2.33. The normalized spacial score (nSPS) is 19.3. The number of hydrogen-bond acceptors (Lipinski definition) is 4.